The molecule has 0 aliphatic carbocycles. The Morgan fingerprint density at radius 2 is 2.38 bits per heavy atom. The quantitative estimate of drug-likeness (QED) is 0.763. The zero-order valence-corrected chi connectivity index (χ0v) is 11.2. The maximum absolute atomic E-state index is 5.52. The highest BCUT2D eigenvalue weighted by Gasteiger charge is 2.03. The number of nitrogens with one attached hydrogen (secondary N) is 1. The van der Waals surface area contributed by atoms with Crippen molar-refractivity contribution in [3.05, 3.63) is 23.9 Å². The lowest BCUT2D eigenvalue weighted by molar-refractivity contribution is 0.699. The number of nitrogens with two attached hydrogens (primary N) is 1. The molecule has 16 heavy (non-hydrogen) atoms. The summed E-state index contributed by atoms with van der Waals surface area (Å²) < 4.78 is 0. The highest BCUT2D eigenvalue weighted by molar-refractivity contribution is 7.98. The van der Waals surface area contributed by atoms with E-state index >= 15 is 0 Å². The molecule has 0 aromatic carbocycles. The van der Waals surface area contributed by atoms with Crippen molar-refractivity contribution in [1.29, 1.82) is 0 Å². The van der Waals surface area contributed by atoms with E-state index in [4.69, 9.17) is 18.0 Å². The van der Waals surface area contributed by atoms with Gasteiger partial charge in [-0.3, -0.25) is 0 Å². The van der Waals surface area contributed by atoms with Gasteiger partial charge in [0.15, 0.2) is 0 Å². The maximum atomic E-state index is 5.52. The maximum Gasteiger partial charge on any atom is 0.126 e. The fourth-order valence-electron chi connectivity index (χ4n) is 1.29. The van der Waals surface area contributed by atoms with Crippen molar-refractivity contribution >= 4 is 34.8 Å². The van der Waals surface area contributed by atoms with Crippen molar-refractivity contribution < 1.29 is 0 Å². The van der Waals surface area contributed by atoms with Crippen molar-refractivity contribution in [3.63, 3.8) is 0 Å². The molecule has 1 aromatic heterocycles. The van der Waals surface area contributed by atoms with E-state index in [1.54, 1.807) is 0 Å². The fraction of sp³-hybridized carbons (Fsp3) is 0.455. The first kappa shape index (κ1) is 13.3. The molecule has 3 N–H and O–H groups in total. The molecule has 1 rings (SSSR count). The van der Waals surface area contributed by atoms with E-state index < -0.39 is 0 Å². The van der Waals surface area contributed by atoms with E-state index in [9.17, 15) is 0 Å². The van der Waals surface area contributed by atoms with Crippen LogP contribution in [0.5, 0.6) is 0 Å². The summed E-state index contributed by atoms with van der Waals surface area (Å²) in [6, 6.07) is 5.65. The van der Waals surface area contributed by atoms with Crippen LogP contribution in [0.4, 0.5) is 5.82 Å². The topological polar surface area (TPSA) is 50.9 Å². The summed E-state index contributed by atoms with van der Waals surface area (Å²) in [5, 5.41) is 3.28. The molecule has 1 heterocycles. The summed E-state index contributed by atoms with van der Waals surface area (Å²) in [5.74, 6) is 2.59. The second kappa shape index (κ2) is 6.70. The van der Waals surface area contributed by atoms with Gasteiger partial charge in [-0.05, 0) is 30.1 Å². The Labute approximate surface area is 106 Å². The number of hydrogen-bond acceptors (Lipinski definition) is 4. The summed E-state index contributed by atoms with van der Waals surface area (Å²) >= 11 is 6.73. The van der Waals surface area contributed by atoms with E-state index in [0.717, 1.165) is 18.1 Å². The van der Waals surface area contributed by atoms with Gasteiger partial charge in [-0.25, -0.2) is 4.98 Å². The molecule has 88 valence electrons. The van der Waals surface area contributed by atoms with Crippen LogP contribution in [0, 0.1) is 5.92 Å². The zero-order valence-electron chi connectivity index (χ0n) is 9.56. The third kappa shape index (κ3) is 4.37. The average Bonchev–Trinajstić information content (AvgIpc) is 2.27. The van der Waals surface area contributed by atoms with E-state index in [0.29, 0.717) is 16.6 Å². The van der Waals surface area contributed by atoms with Gasteiger partial charge in [0.05, 0.1) is 5.69 Å². The normalized spacial score (nSPS) is 12.1. The van der Waals surface area contributed by atoms with Crippen LogP contribution in [-0.4, -0.2) is 28.5 Å². The van der Waals surface area contributed by atoms with Gasteiger partial charge in [-0.1, -0.05) is 25.2 Å². The van der Waals surface area contributed by atoms with Crippen molar-refractivity contribution in [3.8, 4) is 0 Å². The van der Waals surface area contributed by atoms with Crippen LogP contribution < -0.4 is 11.1 Å². The number of anilines is 1. The molecule has 3 nitrogen and oxygen atoms in total. The minimum Gasteiger partial charge on any atom is -0.388 e. The predicted molar refractivity (Wildman–Crippen MR) is 76.2 cm³/mol. The first-order valence-electron chi connectivity index (χ1n) is 5.13. The summed E-state index contributed by atoms with van der Waals surface area (Å²) in [6.07, 6.45) is 2.11. The average molecular weight is 255 g/mol. The SMILES string of the molecule is CSCC(C)CNc1cccc(C(N)=S)n1. The molecule has 0 amide bonds. The Kier molecular flexibility index (Phi) is 5.55. The molecule has 0 saturated carbocycles. The molecular weight excluding hydrogens is 238 g/mol. The Morgan fingerprint density at radius 3 is 3.00 bits per heavy atom. The first-order chi connectivity index (χ1) is 7.63. The molecule has 0 bridgehead atoms. The standard InChI is InChI=1S/C11H17N3S2/c1-8(7-16-2)6-13-10-5-3-4-9(14-10)11(12)15/h3-5,8H,6-7H2,1-2H3,(H2,12,15)(H,13,14). The molecule has 0 spiro atoms. The van der Waals surface area contributed by atoms with Crippen LogP contribution in [-0.2, 0) is 0 Å². The van der Waals surface area contributed by atoms with Crippen LogP contribution in [0.3, 0.4) is 0 Å². The Morgan fingerprint density at radius 1 is 1.62 bits per heavy atom. The fourth-order valence-corrected chi connectivity index (χ4v) is 2.09. The van der Waals surface area contributed by atoms with Gasteiger partial charge in [-0.15, -0.1) is 0 Å². The molecule has 1 atom stereocenters. The van der Waals surface area contributed by atoms with E-state index in [1.165, 1.54) is 0 Å². The Balaban J connectivity index is 2.54. The van der Waals surface area contributed by atoms with Crippen LogP contribution in [0.1, 0.15) is 12.6 Å². The molecule has 0 aliphatic heterocycles. The van der Waals surface area contributed by atoms with Gasteiger partial charge in [0, 0.05) is 6.54 Å². The number of nitrogens with zero attached hydrogens (tertiary/aromatic N) is 1. The highest BCUT2D eigenvalue weighted by atomic mass is 32.2. The lowest BCUT2D eigenvalue weighted by atomic mass is 10.2. The van der Waals surface area contributed by atoms with Crippen LogP contribution in [0.2, 0.25) is 0 Å². The van der Waals surface area contributed by atoms with Crippen molar-refractivity contribution in [2.45, 2.75) is 6.92 Å². The number of rotatable bonds is 6. The summed E-state index contributed by atoms with van der Waals surface area (Å²) in [7, 11) is 0. The van der Waals surface area contributed by atoms with Gasteiger partial charge in [0.1, 0.15) is 10.8 Å². The molecule has 0 aliphatic rings. The summed E-state index contributed by atoms with van der Waals surface area (Å²) in [6.45, 7) is 3.12. The summed E-state index contributed by atoms with van der Waals surface area (Å²) in [5.41, 5.74) is 6.19. The van der Waals surface area contributed by atoms with Crippen molar-refractivity contribution in [2.75, 3.05) is 23.9 Å². The van der Waals surface area contributed by atoms with Gasteiger partial charge >= 0.3 is 0 Å². The van der Waals surface area contributed by atoms with Crippen molar-refractivity contribution in [1.82, 2.24) is 4.98 Å². The number of thioether (sulfide) groups is 1. The molecule has 5 heteroatoms. The molecule has 0 saturated heterocycles. The molecule has 0 radical (unpaired) electrons. The molecule has 1 unspecified atom stereocenters. The Bertz CT molecular complexity index is 355. The molecule has 0 fully saturated rings. The third-order valence-corrected chi connectivity index (χ3v) is 3.20. The van der Waals surface area contributed by atoms with E-state index in [2.05, 4.69) is 23.5 Å². The van der Waals surface area contributed by atoms with Gasteiger partial charge in [-0.2, -0.15) is 11.8 Å². The predicted octanol–water partition coefficient (Wildman–Crippen LogP) is 2.13. The highest BCUT2D eigenvalue weighted by Crippen LogP contribution is 2.08. The summed E-state index contributed by atoms with van der Waals surface area (Å²) in [4.78, 5) is 4.65. The van der Waals surface area contributed by atoms with Crippen LogP contribution >= 0.6 is 24.0 Å². The van der Waals surface area contributed by atoms with Crippen LogP contribution in [0.15, 0.2) is 18.2 Å². The van der Waals surface area contributed by atoms with Gasteiger partial charge in [0.25, 0.3) is 0 Å². The number of hydrogen-bond donors (Lipinski definition) is 2. The molecule has 1 aromatic rings. The van der Waals surface area contributed by atoms with E-state index in [1.807, 2.05) is 30.0 Å². The first-order valence-corrected chi connectivity index (χ1v) is 6.93. The van der Waals surface area contributed by atoms with Crippen molar-refractivity contribution in [2.24, 2.45) is 11.7 Å². The number of aromatic nitrogens is 1. The minimum atomic E-state index is 0.334. The van der Waals surface area contributed by atoms with E-state index in [-0.39, 0.29) is 0 Å². The van der Waals surface area contributed by atoms with Gasteiger partial charge in [0.2, 0.25) is 0 Å². The minimum absolute atomic E-state index is 0.334. The number of pyridine rings is 1. The largest absolute Gasteiger partial charge is 0.388 e. The lowest BCUT2D eigenvalue weighted by Crippen LogP contribution is -2.16. The second-order valence-corrected chi connectivity index (χ2v) is 5.06. The van der Waals surface area contributed by atoms with Crippen LogP contribution in [0.25, 0.3) is 0 Å². The molecular formula is C11H17N3S2. The Hall–Kier alpha value is -0.810. The lowest BCUT2D eigenvalue weighted by Gasteiger charge is -2.12. The zero-order chi connectivity index (χ0) is 12.0. The second-order valence-electron chi connectivity index (χ2n) is 3.71. The van der Waals surface area contributed by atoms with Gasteiger partial charge < -0.3 is 11.1 Å². The smallest absolute Gasteiger partial charge is 0.126 e. The third-order valence-electron chi connectivity index (χ3n) is 2.08. The number of thiocarbonyl (C=S) groups is 1. The monoisotopic (exact) mass is 255 g/mol.